The van der Waals surface area contributed by atoms with Gasteiger partial charge in [-0.15, -0.1) is 0 Å². The van der Waals surface area contributed by atoms with Gasteiger partial charge >= 0.3 is 5.97 Å². The van der Waals surface area contributed by atoms with Gasteiger partial charge in [-0.1, -0.05) is 6.92 Å². The van der Waals surface area contributed by atoms with Gasteiger partial charge in [0.1, 0.15) is 0 Å². The second-order valence-corrected chi connectivity index (χ2v) is 4.05. The number of carbonyl (C=O) groups is 3. The van der Waals surface area contributed by atoms with Crippen LogP contribution in [-0.4, -0.2) is 59.4 Å². The third-order valence-corrected chi connectivity index (χ3v) is 2.56. The van der Waals surface area contributed by atoms with E-state index in [-0.39, 0.29) is 24.9 Å². The molecule has 6 nitrogen and oxygen atoms in total. The van der Waals surface area contributed by atoms with Crippen LogP contribution in [0.4, 0.5) is 0 Å². The Hall–Kier alpha value is -1.59. The highest BCUT2D eigenvalue weighted by Crippen LogP contribution is 2.01. The second kappa shape index (κ2) is 6.88. The molecule has 2 amide bonds. The zero-order valence-electron chi connectivity index (χ0n) is 10.8. The summed E-state index contributed by atoms with van der Waals surface area (Å²) in [5, 5.41) is 8.78. The van der Waals surface area contributed by atoms with Gasteiger partial charge in [0.15, 0.2) is 0 Å². The van der Waals surface area contributed by atoms with Crippen molar-refractivity contribution in [3.63, 3.8) is 0 Å². The van der Waals surface area contributed by atoms with E-state index in [1.807, 2.05) is 0 Å². The van der Waals surface area contributed by atoms with Gasteiger partial charge in [-0.2, -0.15) is 0 Å². The van der Waals surface area contributed by atoms with E-state index >= 15 is 0 Å². The third-order valence-electron chi connectivity index (χ3n) is 2.56. The topological polar surface area (TPSA) is 77.9 Å². The average molecular weight is 244 g/mol. The Morgan fingerprint density at radius 1 is 1.29 bits per heavy atom. The smallest absolute Gasteiger partial charge is 0.308 e. The minimum atomic E-state index is -0.934. The maximum atomic E-state index is 11.8. The van der Waals surface area contributed by atoms with Crippen molar-refractivity contribution in [1.29, 1.82) is 0 Å². The number of carboxylic acids is 1. The molecule has 0 heterocycles. The molecule has 0 aliphatic carbocycles. The highest BCUT2D eigenvalue weighted by molar-refractivity contribution is 5.84. The van der Waals surface area contributed by atoms with Crippen LogP contribution in [0.2, 0.25) is 0 Å². The zero-order valence-corrected chi connectivity index (χ0v) is 10.8. The molecule has 0 rings (SSSR count). The zero-order chi connectivity index (χ0) is 13.6. The molecule has 0 aliphatic rings. The van der Waals surface area contributed by atoms with Gasteiger partial charge in [0.05, 0.1) is 12.5 Å². The van der Waals surface area contributed by atoms with Crippen molar-refractivity contribution in [3.05, 3.63) is 0 Å². The summed E-state index contributed by atoms with van der Waals surface area (Å²) in [6.45, 7) is 5.28. The van der Waals surface area contributed by atoms with Crippen molar-refractivity contribution >= 4 is 17.8 Å². The molecule has 0 radical (unpaired) electrons. The molecule has 0 saturated heterocycles. The van der Waals surface area contributed by atoms with Gasteiger partial charge in [-0.3, -0.25) is 14.4 Å². The number of hydrogen-bond donors (Lipinski definition) is 1. The van der Waals surface area contributed by atoms with Crippen LogP contribution in [0.15, 0.2) is 0 Å². The van der Waals surface area contributed by atoms with E-state index in [1.165, 1.54) is 23.8 Å². The number of hydrogen-bond acceptors (Lipinski definition) is 3. The Morgan fingerprint density at radius 2 is 1.82 bits per heavy atom. The van der Waals surface area contributed by atoms with E-state index in [0.717, 1.165) is 0 Å². The lowest BCUT2D eigenvalue weighted by Gasteiger charge is -2.25. The monoisotopic (exact) mass is 244 g/mol. The molecule has 6 heteroatoms. The van der Waals surface area contributed by atoms with Gasteiger partial charge < -0.3 is 14.9 Å². The third kappa shape index (κ3) is 5.33. The molecule has 17 heavy (non-hydrogen) atoms. The minimum absolute atomic E-state index is 0.0183. The fourth-order valence-corrected chi connectivity index (χ4v) is 1.23. The molecule has 0 saturated carbocycles. The molecule has 0 aromatic rings. The molecule has 0 fully saturated rings. The highest BCUT2D eigenvalue weighted by atomic mass is 16.4. The Morgan fingerprint density at radius 3 is 2.18 bits per heavy atom. The first kappa shape index (κ1) is 15.4. The van der Waals surface area contributed by atoms with E-state index in [1.54, 1.807) is 13.8 Å². The van der Waals surface area contributed by atoms with Crippen LogP contribution < -0.4 is 0 Å². The van der Waals surface area contributed by atoms with E-state index in [2.05, 4.69) is 0 Å². The largest absolute Gasteiger partial charge is 0.481 e. The van der Waals surface area contributed by atoms with Crippen molar-refractivity contribution in [2.75, 3.05) is 26.7 Å². The first-order valence-electron chi connectivity index (χ1n) is 5.51. The van der Waals surface area contributed by atoms with Gasteiger partial charge in [-0.25, -0.2) is 0 Å². The Bertz CT molecular complexity index is 304. The van der Waals surface area contributed by atoms with Gasteiger partial charge in [0, 0.05) is 27.1 Å². The van der Waals surface area contributed by atoms with Crippen LogP contribution in [0.5, 0.6) is 0 Å². The fourth-order valence-electron chi connectivity index (χ4n) is 1.23. The number of nitrogens with zero attached hydrogens (tertiary/aromatic N) is 2. The predicted molar refractivity (Wildman–Crippen MR) is 62.4 cm³/mol. The minimum Gasteiger partial charge on any atom is -0.481 e. The Balaban J connectivity index is 4.41. The molecular formula is C11H20N2O4. The van der Waals surface area contributed by atoms with E-state index in [4.69, 9.17) is 5.11 Å². The number of carbonyl (C=O) groups excluding carboxylic acids is 2. The number of rotatable bonds is 6. The van der Waals surface area contributed by atoms with E-state index < -0.39 is 11.9 Å². The van der Waals surface area contributed by atoms with Crippen LogP contribution in [0.25, 0.3) is 0 Å². The summed E-state index contributed by atoms with van der Waals surface area (Å²) < 4.78 is 0. The molecule has 1 unspecified atom stereocenters. The fraction of sp³-hybridized carbons (Fsp3) is 0.727. The maximum absolute atomic E-state index is 11.8. The van der Waals surface area contributed by atoms with E-state index in [0.29, 0.717) is 6.54 Å². The first-order chi connectivity index (χ1) is 7.79. The number of aliphatic carboxylic acids is 1. The van der Waals surface area contributed by atoms with Crippen molar-refractivity contribution in [1.82, 2.24) is 9.80 Å². The SMILES string of the molecule is CCN(CC(C)C(=O)O)C(=O)CN(C)C(C)=O. The Labute approximate surface area is 101 Å². The first-order valence-corrected chi connectivity index (χ1v) is 5.51. The van der Waals surface area contributed by atoms with Crippen molar-refractivity contribution in [2.24, 2.45) is 5.92 Å². The summed E-state index contributed by atoms with van der Waals surface area (Å²) in [5.74, 6) is -1.98. The number of amides is 2. The van der Waals surface area contributed by atoms with Crippen LogP contribution in [-0.2, 0) is 14.4 Å². The maximum Gasteiger partial charge on any atom is 0.308 e. The lowest BCUT2D eigenvalue weighted by Crippen LogP contribution is -2.43. The lowest BCUT2D eigenvalue weighted by atomic mass is 10.1. The summed E-state index contributed by atoms with van der Waals surface area (Å²) >= 11 is 0. The summed E-state index contributed by atoms with van der Waals surface area (Å²) in [7, 11) is 1.54. The summed E-state index contributed by atoms with van der Waals surface area (Å²) in [6, 6.07) is 0. The molecule has 0 aliphatic heterocycles. The van der Waals surface area contributed by atoms with Crippen LogP contribution in [0.3, 0.4) is 0 Å². The molecular weight excluding hydrogens is 224 g/mol. The van der Waals surface area contributed by atoms with Crippen LogP contribution >= 0.6 is 0 Å². The van der Waals surface area contributed by atoms with Crippen molar-refractivity contribution < 1.29 is 19.5 Å². The molecule has 98 valence electrons. The molecule has 0 aromatic carbocycles. The molecule has 0 spiro atoms. The number of likely N-dealkylation sites (N-methyl/N-ethyl adjacent to an activating group) is 2. The van der Waals surface area contributed by atoms with Crippen LogP contribution in [0, 0.1) is 5.92 Å². The second-order valence-electron chi connectivity index (χ2n) is 4.05. The average Bonchev–Trinajstić information content (AvgIpc) is 2.24. The number of carboxylic acid groups (broad SMARTS) is 1. The van der Waals surface area contributed by atoms with Gasteiger partial charge in [0.2, 0.25) is 11.8 Å². The predicted octanol–water partition coefficient (Wildman–Crippen LogP) is 0.0339. The van der Waals surface area contributed by atoms with Crippen molar-refractivity contribution in [3.8, 4) is 0 Å². The molecule has 0 bridgehead atoms. The highest BCUT2D eigenvalue weighted by Gasteiger charge is 2.20. The Kier molecular flexibility index (Phi) is 6.23. The van der Waals surface area contributed by atoms with Crippen LogP contribution in [0.1, 0.15) is 20.8 Å². The van der Waals surface area contributed by atoms with Gasteiger partial charge in [-0.05, 0) is 6.92 Å². The summed E-state index contributed by atoms with van der Waals surface area (Å²) in [4.78, 5) is 36.2. The summed E-state index contributed by atoms with van der Waals surface area (Å²) in [6.07, 6.45) is 0. The van der Waals surface area contributed by atoms with E-state index in [9.17, 15) is 14.4 Å². The van der Waals surface area contributed by atoms with Gasteiger partial charge in [0.25, 0.3) is 0 Å². The normalized spacial score (nSPS) is 11.8. The molecule has 0 aromatic heterocycles. The standard InChI is InChI=1S/C11H20N2O4/c1-5-13(6-8(2)11(16)17)10(15)7-12(4)9(3)14/h8H,5-7H2,1-4H3,(H,16,17). The molecule has 1 N–H and O–H groups in total. The quantitative estimate of drug-likeness (QED) is 0.715. The molecule has 1 atom stereocenters. The summed E-state index contributed by atoms with van der Waals surface area (Å²) in [5.41, 5.74) is 0. The van der Waals surface area contributed by atoms with Crippen molar-refractivity contribution in [2.45, 2.75) is 20.8 Å². The lowest BCUT2D eigenvalue weighted by molar-refractivity contribution is -0.144.